The fourth-order valence-corrected chi connectivity index (χ4v) is 1.14. The van der Waals surface area contributed by atoms with Crippen molar-refractivity contribution in [3.8, 4) is 17.2 Å². The highest BCUT2D eigenvalue weighted by atomic mass is 35.5. The lowest BCUT2D eigenvalue weighted by atomic mass is 10.1. The number of benzene rings is 1. The molecule has 0 atom stereocenters. The van der Waals surface area contributed by atoms with Gasteiger partial charge in [-0.05, 0) is 13.8 Å². The molecule has 1 rings (SSSR count). The van der Waals surface area contributed by atoms with Crippen molar-refractivity contribution in [2.45, 2.75) is 13.8 Å². The number of phenols is 3. The van der Waals surface area contributed by atoms with E-state index in [1.54, 1.807) is 6.92 Å². The van der Waals surface area contributed by atoms with Crippen LogP contribution in [0.2, 0.25) is 5.02 Å². The minimum absolute atomic E-state index is 0.0180. The van der Waals surface area contributed by atoms with Crippen LogP contribution in [-0.4, -0.2) is 15.3 Å². The van der Waals surface area contributed by atoms with E-state index in [1.165, 1.54) is 6.92 Å². The molecule has 0 saturated heterocycles. The molecule has 66 valence electrons. The lowest BCUT2D eigenvalue weighted by Gasteiger charge is -2.09. The van der Waals surface area contributed by atoms with Crippen LogP contribution in [-0.2, 0) is 0 Å². The summed E-state index contributed by atoms with van der Waals surface area (Å²) in [5, 5.41) is 27.7. The summed E-state index contributed by atoms with van der Waals surface area (Å²) in [5.74, 6) is -0.845. The predicted octanol–water partition coefficient (Wildman–Crippen LogP) is 2.07. The molecule has 0 amide bonds. The van der Waals surface area contributed by atoms with Crippen LogP contribution >= 0.6 is 11.6 Å². The van der Waals surface area contributed by atoms with Gasteiger partial charge in [-0.15, -0.1) is 0 Å². The number of rotatable bonds is 0. The molecule has 12 heavy (non-hydrogen) atoms. The molecule has 0 fully saturated rings. The number of phenolic OH excluding ortho intramolecular Hbond substituents is 3. The molecule has 0 spiro atoms. The van der Waals surface area contributed by atoms with Crippen molar-refractivity contribution in [2.75, 3.05) is 0 Å². The van der Waals surface area contributed by atoms with Crippen molar-refractivity contribution >= 4 is 11.6 Å². The van der Waals surface area contributed by atoms with E-state index in [1.807, 2.05) is 0 Å². The number of hydrogen-bond acceptors (Lipinski definition) is 3. The third-order valence-corrected chi connectivity index (χ3v) is 2.29. The number of aromatic hydroxyl groups is 3. The van der Waals surface area contributed by atoms with E-state index in [0.717, 1.165) is 0 Å². The fourth-order valence-electron chi connectivity index (χ4n) is 0.957. The molecule has 1 aromatic rings. The molecule has 0 aromatic heterocycles. The molecule has 0 bridgehead atoms. The van der Waals surface area contributed by atoms with Crippen molar-refractivity contribution in [2.24, 2.45) is 0 Å². The molecular weight excluding hydrogens is 180 g/mol. The van der Waals surface area contributed by atoms with E-state index in [-0.39, 0.29) is 27.8 Å². The highest BCUT2D eigenvalue weighted by molar-refractivity contribution is 6.33. The largest absolute Gasteiger partial charge is 0.507 e. The molecule has 1 aromatic carbocycles. The predicted molar refractivity (Wildman–Crippen MR) is 45.9 cm³/mol. The Balaban J connectivity index is 3.60. The topological polar surface area (TPSA) is 60.7 Å². The van der Waals surface area contributed by atoms with E-state index in [9.17, 15) is 15.3 Å². The molecule has 0 heterocycles. The van der Waals surface area contributed by atoms with E-state index in [2.05, 4.69) is 0 Å². The average molecular weight is 189 g/mol. The first-order chi connectivity index (χ1) is 5.46. The summed E-state index contributed by atoms with van der Waals surface area (Å²) >= 11 is 5.59. The maximum absolute atomic E-state index is 9.34. The molecule has 3 nitrogen and oxygen atoms in total. The summed E-state index contributed by atoms with van der Waals surface area (Å²) in [6, 6.07) is 0. The quantitative estimate of drug-likeness (QED) is 0.432. The second-order valence-electron chi connectivity index (χ2n) is 2.61. The first kappa shape index (κ1) is 9.00. The lowest BCUT2D eigenvalue weighted by Crippen LogP contribution is -1.84. The zero-order chi connectivity index (χ0) is 9.46. The van der Waals surface area contributed by atoms with Crippen LogP contribution < -0.4 is 0 Å². The third kappa shape index (κ3) is 1.06. The van der Waals surface area contributed by atoms with Gasteiger partial charge in [0.1, 0.15) is 5.75 Å². The number of hydrogen-bond donors (Lipinski definition) is 3. The summed E-state index contributed by atoms with van der Waals surface area (Å²) in [5.41, 5.74) is 0.596. The van der Waals surface area contributed by atoms with Crippen molar-refractivity contribution in [3.63, 3.8) is 0 Å². The summed E-state index contributed by atoms with van der Waals surface area (Å²) in [4.78, 5) is 0. The van der Waals surface area contributed by atoms with Crippen molar-refractivity contribution in [1.29, 1.82) is 0 Å². The number of halogens is 1. The van der Waals surface area contributed by atoms with Gasteiger partial charge >= 0.3 is 0 Å². The summed E-state index contributed by atoms with van der Waals surface area (Å²) < 4.78 is 0. The van der Waals surface area contributed by atoms with Gasteiger partial charge in [-0.1, -0.05) is 11.6 Å². The normalized spacial score (nSPS) is 10.2. The van der Waals surface area contributed by atoms with Gasteiger partial charge in [-0.2, -0.15) is 0 Å². The van der Waals surface area contributed by atoms with Gasteiger partial charge in [0.25, 0.3) is 0 Å². The Kier molecular flexibility index (Phi) is 2.06. The maximum atomic E-state index is 9.34. The Hall–Kier alpha value is -1.09. The van der Waals surface area contributed by atoms with Crippen molar-refractivity contribution < 1.29 is 15.3 Å². The Morgan fingerprint density at radius 3 is 1.83 bits per heavy atom. The van der Waals surface area contributed by atoms with Crippen LogP contribution in [0.1, 0.15) is 11.1 Å². The molecule has 0 radical (unpaired) electrons. The molecule has 4 heteroatoms. The minimum Gasteiger partial charge on any atom is -0.507 e. The first-order valence-electron chi connectivity index (χ1n) is 3.36. The van der Waals surface area contributed by atoms with E-state index in [4.69, 9.17) is 11.6 Å². The van der Waals surface area contributed by atoms with Crippen LogP contribution in [0.5, 0.6) is 17.2 Å². The van der Waals surface area contributed by atoms with Gasteiger partial charge < -0.3 is 15.3 Å². The van der Waals surface area contributed by atoms with Gasteiger partial charge in [0, 0.05) is 11.1 Å². The van der Waals surface area contributed by atoms with Gasteiger partial charge in [-0.3, -0.25) is 0 Å². The molecule has 3 N–H and O–H groups in total. The summed E-state index contributed by atoms with van der Waals surface area (Å²) in [6.07, 6.45) is 0. The summed E-state index contributed by atoms with van der Waals surface area (Å²) in [7, 11) is 0. The Bertz CT molecular complexity index is 229. The smallest absolute Gasteiger partial charge is 0.177 e. The molecule has 0 unspecified atom stereocenters. The lowest BCUT2D eigenvalue weighted by molar-refractivity contribution is 0.391. The highest BCUT2D eigenvalue weighted by Crippen LogP contribution is 2.43. The van der Waals surface area contributed by atoms with Crippen LogP contribution in [0.3, 0.4) is 0 Å². The van der Waals surface area contributed by atoms with E-state index < -0.39 is 0 Å². The monoisotopic (exact) mass is 188 g/mol. The molecule has 0 aliphatic carbocycles. The second kappa shape index (κ2) is 2.75. The maximum Gasteiger partial charge on any atom is 0.177 e. The summed E-state index contributed by atoms with van der Waals surface area (Å²) in [6.45, 7) is 3.05. The van der Waals surface area contributed by atoms with Crippen LogP contribution in [0.25, 0.3) is 0 Å². The molecule has 0 aliphatic heterocycles. The van der Waals surface area contributed by atoms with Gasteiger partial charge in [-0.25, -0.2) is 0 Å². The SMILES string of the molecule is Cc1c(O)c(C)c(Cl)c(O)c1O. The minimum atomic E-state index is -0.385. The Morgan fingerprint density at radius 2 is 1.33 bits per heavy atom. The molecular formula is C8H9ClO3. The van der Waals surface area contributed by atoms with Gasteiger partial charge in [0.2, 0.25) is 0 Å². The van der Waals surface area contributed by atoms with Gasteiger partial charge in [0.15, 0.2) is 11.5 Å². The molecule has 0 saturated carbocycles. The zero-order valence-corrected chi connectivity index (χ0v) is 7.48. The zero-order valence-electron chi connectivity index (χ0n) is 6.72. The Labute approximate surface area is 74.8 Å². The standard InChI is InChI=1S/C8H9ClO3/c1-3-5(9)8(12)7(11)4(2)6(3)10/h10-12H,1-2H3. The van der Waals surface area contributed by atoms with Crippen LogP contribution in [0, 0.1) is 13.8 Å². The Morgan fingerprint density at radius 1 is 0.833 bits per heavy atom. The van der Waals surface area contributed by atoms with Crippen LogP contribution in [0.4, 0.5) is 0 Å². The molecule has 0 aliphatic rings. The van der Waals surface area contributed by atoms with Crippen molar-refractivity contribution in [3.05, 3.63) is 16.1 Å². The van der Waals surface area contributed by atoms with Crippen LogP contribution in [0.15, 0.2) is 0 Å². The van der Waals surface area contributed by atoms with Crippen molar-refractivity contribution in [1.82, 2.24) is 0 Å². The fraction of sp³-hybridized carbons (Fsp3) is 0.250. The van der Waals surface area contributed by atoms with E-state index in [0.29, 0.717) is 5.56 Å². The van der Waals surface area contributed by atoms with Gasteiger partial charge in [0.05, 0.1) is 5.02 Å². The highest BCUT2D eigenvalue weighted by Gasteiger charge is 2.16. The third-order valence-electron chi connectivity index (χ3n) is 1.83. The first-order valence-corrected chi connectivity index (χ1v) is 3.74. The average Bonchev–Trinajstić information content (AvgIpc) is 2.08. The second-order valence-corrected chi connectivity index (χ2v) is 2.99. The van der Waals surface area contributed by atoms with E-state index >= 15 is 0 Å².